The van der Waals surface area contributed by atoms with Gasteiger partial charge in [0.2, 0.25) is 5.91 Å². The predicted octanol–water partition coefficient (Wildman–Crippen LogP) is 4.65. The van der Waals surface area contributed by atoms with Gasteiger partial charge in [-0.15, -0.1) is 10.2 Å². The summed E-state index contributed by atoms with van der Waals surface area (Å²) < 4.78 is 11.2. The van der Waals surface area contributed by atoms with E-state index in [0.29, 0.717) is 21.8 Å². The van der Waals surface area contributed by atoms with Crippen LogP contribution in [0.1, 0.15) is 17.0 Å². The maximum atomic E-state index is 12.0. The first kappa shape index (κ1) is 19.3. The van der Waals surface area contributed by atoms with Gasteiger partial charge < -0.3 is 14.5 Å². The van der Waals surface area contributed by atoms with E-state index in [0.717, 1.165) is 28.6 Å². The maximum absolute atomic E-state index is 12.0. The van der Waals surface area contributed by atoms with Crippen LogP contribution < -0.4 is 10.1 Å². The van der Waals surface area contributed by atoms with Crippen LogP contribution in [0.25, 0.3) is 0 Å². The van der Waals surface area contributed by atoms with Crippen LogP contribution in [-0.4, -0.2) is 21.9 Å². The number of carbonyl (C=O) groups is 1. The van der Waals surface area contributed by atoms with Crippen molar-refractivity contribution in [3.05, 3.63) is 64.5 Å². The molecule has 0 aliphatic carbocycles. The molecule has 3 rings (SSSR count). The number of benzene rings is 2. The summed E-state index contributed by atoms with van der Waals surface area (Å²) in [6, 6.07) is 12.8. The fraction of sp³-hybridized carbons (Fsp3) is 0.211. The second-order valence-corrected chi connectivity index (χ2v) is 7.16. The number of thioether (sulfide) groups is 1. The van der Waals surface area contributed by atoms with E-state index in [1.807, 2.05) is 32.0 Å². The Morgan fingerprint density at radius 3 is 2.85 bits per heavy atom. The molecule has 0 spiro atoms. The summed E-state index contributed by atoms with van der Waals surface area (Å²) in [6.07, 6.45) is 0. The van der Waals surface area contributed by atoms with E-state index in [1.54, 1.807) is 24.3 Å². The minimum Gasteiger partial charge on any atom is -0.484 e. The van der Waals surface area contributed by atoms with E-state index in [2.05, 4.69) is 15.5 Å². The number of nitrogens with one attached hydrogen (secondary N) is 1. The molecule has 2 aromatic carbocycles. The van der Waals surface area contributed by atoms with Crippen molar-refractivity contribution in [2.75, 3.05) is 11.1 Å². The van der Waals surface area contributed by atoms with Crippen LogP contribution in [0, 0.1) is 13.8 Å². The SMILES string of the molecule is Cc1cccc(OCc2nnc(SCC(=O)Nc3cccc(Cl)c3)o2)c1C. The molecule has 3 aromatic rings. The first-order valence-electron chi connectivity index (χ1n) is 8.21. The third-order valence-electron chi connectivity index (χ3n) is 3.79. The second-order valence-electron chi connectivity index (χ2n) is 5.80. The van der Waals surface area contributed by atoms with Gasteiger partial charge in [-0.25, -0.2) is 0 Å². The first-order valence-corrected chi connectivity index (χ1v) is 9.57. The van der Waals surface area contributed by atoms with Crippen LogP contribution in [0.3, 0.4) is 0 Å². The number of aryl methyl sites for hydroxylation is 1. The topological polar surface area (TPSA) is 77.2 Å². The van der Waals surface area contributed by atoms with Crippen LogP contribution in [0.5, 0.6) is 5.75 Å². The summed E-state index contributed by atoms with van der Waals surface area (Å²) in [6.45, 7) is 4.20. The molecule has 1 N–H and O–H groups in total. The van der Waals surface area contributed by atoms with Crippen molar-refractivity contribution < 1.29 is 13.9 Å². The Labute approximate surface area is 166 Å². The lowest BCUT2D eigenvalue weighted by Gasteiger charge is -2.08. The highest BCUT2D eigenvalue weighted by Crippen LogP contribution is 2.23. The Bertz CT molecular complexity index is 945. The third kappa shape index (κ3) is 5.48. The Hall–Kier alpha value is -2.51. The minimum absolute atomic E-state index is 0.145. The van der Waals surface area contributed by atoms with Gasteiger partial charge in [-0.1, -0.05) is 41.6 Å². The summed E-state index contributed by atoms with van der Waals surface area (Å²) in [4.78, 5) is 12.0. The molecule has 140 valence electrons. The Morgan fingerprint density at radius 1 is 1.22 bits per heavy atom. The molecule has 1 heterocycles. The average molecular weight is 404 g/mol. The molecular formula is C19H18ClN3O3S. The molecule has 1 aromatic heterocycles. The number of hydrogen-bond donors (Lipinski definition) is 1. The number of amides is 1. The summed E-state index contributed by atoms with van der Waals surface area (Å²) >= 11 is 7.05. The van der Waals surface area contributed by atoms with Gasteiger partial charge in [-0.2, -0.15) is 0 Å². The molecule has 27 heavy (non-hydrogen) atoms. The van der Waals surface area contributed by atoms with Gasteiger partial charge in [0.25, 0.3) is 11.1 Å². The third-order valence-corrected chi connectivity index (χ3v) is 4.84. The van der Waals surface area contributed by atoms with Crippen LogP contribution in [-0.2, 0) is 11.4 Å². The van der Waals surface area contributed by atoms with Crippen LogP contribution in [0.4, 0.5) is 5.69 Å². The van der Waals surface area contributed by atoms with Crippen molar-refractivity contribution in [1.29, 1.82) is 0 Å². The van der Waals surface area contributed by atoms with Gasteiger partial charge in [0.15, 0.2) is 6.61 Å². The van der Waals surface area contributed by atoms with E-state index in [9.17, 15) is 4.79 Å². The largest absolute Gasteiger partial charge is 0.484 e. The van der Waals surface area contributed by atoms with E-state index in [1.165, 1.54) is 0 Å². The smallest absolute Gasteiger partial charge is 0.277 e. The highest BCUT2D eigenvalue weighted by Gasteiger charge is 2.11. The van der Waals surface area contributed by atoms with Crippen molar-refractivity contribution in [1.82, 2.24) is 10.2 Å². The fourth-order valence-electron chi connectivity index (χ4n) is 2.27. The molecule has 8 heteroatoms. The van der Waals surface area contributed by atoms with Crippen molar-refractivity contribution in [3.8, 4) is 5.75 Å². The summed E-state index contributed by atoms with van der Waals surface area (Å²) in [5.74, 6) is 1.09. The number of halogens is 1. The Balaban J connectivity index is 1.49. The lowest BCUT2D eigenvalue weighted by molar-refractivity contribution is -0.113. The Morgan fingerprint density at radius 2 is 2.04 bits per heavy atom. The van der Waals surface area contributed by atoms with E-state index >= 15 is 0 Å². The number of nitrogens with zero attached hydrogens (tertiary/aromatic N) is 2. The van der Waals surface area contributed by atoms with Gasteiger partial charge in [-0.05, 0) is 49.2 Å². The first-order chi connectivity index (χ1) is 13.0. The quantitative estimate of drug-likeness (QED) is 0.578. The molecule has 6 nitrogen and oxygen atoms in total. The number of carbonyl (C=O) groups excluding carboxylic acids is 1. The maximum Gasteiger partial charge on any atom is 0.277 e. The predicted molar refractivity (Wildman–Crippen MR) is 105 cm³/mol. The molecule has 1 amide bonds. The van der Waals surface area contributed by atoms with Crippen LogP contribution >= 0.6 is 23.4 Å². The lowest BCUT2D eigenvalue weighted by atomic mass is 10.1. The van der Waals surface area contributed by atoms with E-state index in [-0.39, 0.29) is 18.3 Å². The lowest BCUT2D eigenvalue weighted by Crippen LogP contribution is -2.13. The van der Waals surface area contributed by atoms with Gasteiger partial charge >= 0.3 is 0 Å². The highest BCUT2D eigenvalue weighted by atomic mass is 35.5. The molecule has 0 fully saturated rings. The van der Waals surface area contributed by atoms with Crippen molar-refractivity contribution in [2.24, 2.45) is 0 Å². The van der Waals surface area contributed by atoms with Crippen molar-refractivity contribution in [2.45, 2.75) is 25.7 Å². The fourth-order valence-corrected chi connectivity index (χ4v) is 3.04. The van der Waals surface area contributed by atoms with Crippen molar-refractivity contribution >= 4 is 35.0 Å². The second kappa shape index (κ2) is 8.92. The Kier molecular flexibility index (Phi) is 6.36. The van der Waals surface area contributed by atoms with Gasteiger partial charge in [0.1, 0.15) is 5.75 Å². The van der Waals surface area contributed by atoms with E-state index in [4.69, 9.17) is 20.8 Å². The molecule has 0 bridgehead atoms. The zero-order valence-electron chi connectivity index (χ0n) is 14.9. The zero-order chi connectivity index (χ0) is 19.2. The number of anilines is 1. The summed E-state index contributed by atoms with van der Waals surface area (Å²) in [5, 5.41) is 11.5. The molecule has 0 atom stereocenters. The van der Waals surface area contributed by atoms with Gasteiger partial charge in [0, 0.05) is 10.7 Å². The molecule has 0 saturated heterocycles. The number of hydrogen-bond acceptors (Lipinski definition) is 6. The monoisotopic (exact) mass is 403 g/mol. The van der Waals surface area contributed by atoms with Crippen LogP contribution in [0.2, 0.25) is 5.02 Å². The highest BCUT2D eigenvalue weighted by molar-refractivity contribution is 7.99. The number of ether oxygens (including phenoxy) is 1. The van der Waals surface area contributed by atoms with Gasteiger partial charge in [0.05, 0.1) is 5.75 Å². The van der Waals surface area contributed by atoms with Gasteiger partial charge in [-0.3, -0.25) is 4.79 Å². The summed E-state index contributed by atoms with van der Waals surface area (Å²) in [7, 11) is 0. The molecule has 0 saturated carbocycles. The number of aromatic nitrogens is 2. The standard InChI is InChI=1S/C19H18ClN3O3S/c1-12-5-3-8-16(13(12)2)25-10-18-22-23-19(26-18)27-11-17(24)21-15-7-4-6-14(20)9-15/h3-9H,10-11H2,1-2H3,(H,21,24). The summed E-state index contributed by atoms with van der Waals surface area (Å²) in [5.41, 5.74) is 2.87. The number of rotatable bonds is 7. The molecule has 0 aliphatic heterocycles. The van der Waals surface area contributed by atoms with Crippen molar-refractivity contribution in [3.63, 3.8) is 0 Å². The average Bonchev–Trinajstić information content (AvgIpc) is 3.09. The zero-order valence-corrected chi connectivity index (χ0v) is 16.4. The van der Waals surface area contributed by atoms with Crippen LogP contribution in [0.15, 0.2) is 52.1 Å². The minimum atomic E-state index is -0.186. The normalized spacial score (nSPS) is 10.6. The molecule has 0 radical (unpaired) electrons. The molecular weight excluding hydrogens is 386 g/mol. The molecule has 0 unspecified atom stereocenters. The molecule has 0 aliphatic rings. The van der Waals surface area contributed by atoms with E-state index < -0.39 is 0 Å².